The van der Waals surface area contributed by atoms with Crippen molar-refractivity contribution in [2.75, 3.05) is 31.5 Å². The highest BCUT2D eigenvalue weighted by molar-refractivity contribution is 5.81. The van der Waals surface area contributed by atoms with Crippen molar-refractivity contribution in [1.82, 2.24) is 9.88 Å². The van der Waals surface area contributed by atoms with Gasteiger partial charge in [0.1, 0.15) is 5.82 Å². The van der Waals surface area contributed by atoms with Crippen LogP contribution in [0.3, 0.4) is 0 Å². The number of aliphatic hydroxyl groups excluding tert-OH is 2. The van der Waals surface area contributed by atoms with E-state index in [2.05, 4.69) is 22.1 Å². The smallest absolute Gasteiger partial charge is 0.132 e. The molecule has 0 unspecified atom stereocenters. The number of likely N-dealkylation sites (tertiary alicyclic amines) is 1. The first-order valence-electron chi connectivity index (χ1n) is 8.79. The maximum absolute atomic E-state index is 10.3. The number of β-amino-alcohol motifs (C(OH)–C–C–N with tert-alkyl or cyclic N) is 1. The minimum absolute atomic E-state index is 0.0692. The Balaban J connectivity index is 1.60. The highest BCUT2D eigenvalue weighted by Crippen LogP contribution is 2.21. The molecule has 1 fully saturated rings. The molecule has 1 aromatic carbocycles. The van der Waals surface area contributed by atoms with Gasteiger partial charge in [-0.05, 0) is 44.0 Å². The van der Waals surface area contributed by atoms with E-state index in [1.807, 2.05) is 30.3 Å². The molecule has 0 amide bonds. The largest absolute Gasteiger partial charge is 0.392 e. The molecule has 2 aromatic rings. The number of benzene rings is 1. The first-order valence-corrected chi connectivity index (χ1v) is 8.79. The van der Waals surface area contributed by atoms with Gasteiger partial charge in [0.05, 0.1) is 18.2 Å². The zero-order valence-electron chi connectivity index (χ0n) is 14.3. The summed E-state index contributed by atoms with van der Waals surface area (Å²) in [6.45, 7) is 5.46. The number of rotatable bonds is 6. The second kappa shape index (κ2) is 7.92. The van der Waals surface area contributed by atoms with E-state index in [0.29, 0.717) is 18.9 Å². The summed E-state index contributed by atoms with van der Waals surface area (Å²) in [6.07, 6.45) is 1.97. The van der Waals surface area contributed by atoms with Crippen LogP contribution in [-0.4, -0.2) is 52.4 Å². The standard InChI is InChI=1S/C19H27N3O2/c1-14-6-8-22(9-7-14)12-17(24)11-20-19-16(13-23)10-15-4-2-3-5-18(15)21-19/h2-5,10,14,17,23-24H,6-9,11-13H2,1H3,(H,20,21)/t17-/m0/s1. The van der Waals surface area contributed by atoms with Crippen molar-refractivity contribution in [2.24, 2.45) is 5.92 Å². The van der Waals surface area contributed by atoms with Gasteiger partial charge in [0.25, 0.3) is 0 Å². The summed E-state index contributed by atoms with van der Waals surface area (Å²) in [4.78, 5) is 6.91. The van der Waals surface area contributed by atoms with Crippen LogP contribution >= 0.6 is 0 Å². The van der Waals surface area contributed by atoms with Crippen LogP contribution in [0.2, 0.25) is 0 Å². The summed E-state index contributed by atoms with van der Waals surface area (Å²) in [5, 5.41) is 24.1. The third-order valence-corrected chi connectivity index (χ3v) is 4.82. The minimum atomic E-state index is -0.446. The van der Waals surface area contributed by atoms with Gasteiger partial charge in [-0.25, -0.2) is 4.98 Å². The maximum Gasteiger partial charge on any atom is 0.132 e. The molecule has 1 atom stereocenters. The molecule has 130 valence electrons. The SMILES string of the molecule is CC1CCN(C[C@@H](O)CNc2nc3ccccc3cc2CO)CC1. The Morgan fingerprint density at radius 3 is 2.79 bits per heavy atom. The molecule has 1 aliphatic heterocycles. The van der Waals surface area contributed by atoms with E-state index >= 15 is 0 Å². The zero-order chi connectivity index (χ0) is 16.9. The number of pyridine rings is 1. The lowest BCUT2D eigenvalue weighted by atomic mass is 9.99. The zero-order valence-corrected chi connectivity index (χ0v) is 14.3. The summed E-state index contributed by atoms with van der Waals surface area (Å²) < 4.78 is 0. The Hall–Kier alpha value is -1.69. The van der Waals surface area contributed by atoms with E-state index in [9.17, 15) is 10.2 Å². The van der Waals surface area contributed by atoms with Gasteiger partial charge >= 0.3 is 0 Å². The lowest BCUT2D eigenvalue weighted by Crippen LogP contribution is -2.40. The van der Waals surface area contributed by atoms with Crippen LogP contribution in [0, 0.1) is 5.92 Å². The maximum atomic E-state index is 10.3. The molecule has 3 rings (SSSR count). The Labute approximate surface area is 143 Å². The molecule has 0 aliphatic carbocycles. The topological polar surface area (TPSA) is 68.6 Å². The third kappa shape index (κ3) is 4.23. The van der Waals surface area contributed by atoms with Crippen LogP contribution in [-0.2, 0) is 6.61 Å². The molecule has 0 spiro atoms. The third-order valence-electron chi connectivity index (χ3n) is 4.82. The number of aliphatic hydroxyl groups is 2. The first kappa shape index (κ1) is 17.1. The fourth-order valence-corrected chi connectivity index (χ4v) is 3.26. The lowest BCUT2D eigenvalue weighted by molar-refractivity contribution is 0.0989. The molecule has 5 heteroatoms. The fraction of sp³-hybridized carbons (Fsp3) is 0.526. The number of aromatic nitrogens is 1. The first-order chi connectivity index (χ1) is 11.7. The van der Waals surface area contributed by atoms with E-state index in [0.717, 1.165) is 35.5 Å². The summed E-state index contributed by atoms with van der Waals surface area (Å²) in [7, 11) is 0. The Kier molecular flexibility index (Phi) is 5.66. The molecular weight excluding hydrogens is 302 g/mol. The van der Waals surface area contributed by atoms with E-state index < -0.39 is 6.10 Å². The van der Waals surface area contributed by atoms with E-state index in [1.54, 1.807) is 0 Å². The molecule has 0 saturated carbocycles. The van der Waals surface area contributed by atoms with Gasteiger partial charge in [0.2, 0.25) is 0 Å². The minimum Gasteiger partial charge on any atom is -0.392 e. The molecule has 0 bridgehead atoms. The van der Waals surface area contributed by atoms with Crippen molar-refractivity contribution in [3.8, 4) is 0 Å². The van der Waals surface area contributed by atoms with Crippen LogP contribution in [0.15, 0.2) is 30.3 Å². The van der Waals surface area contributed by atoms with Gasteiger partial charge in [0, 0.05) is 24.0 Å². The Bertz CT molecular complexity index is 669. The number of fused-ring (bicyclic) bond motifs is 1. The average molecular weight is 329 g/mol. The molecule has 1 aromatic heterocycles. The predicted molar refractivity (Wildman–Crippen MR) is 97.0 cm³/mol. The molecular formula is C19H27N3O2. The van der Waals surface area contributed by atoms with Crippen LogP contribution in [0.1, 0.15) is 25.3 Å². The van der Waals surface area contributed by atoms with Gasteiger partial charge in [-0.1, -0.05) is 25.1 Å². The molecule has 0 radical (unpaired) electrons. The fourth-order valence-electron chi connectivity index (χ4n) is 3.26. The van der Waals surface area contributed by atoms with Crippen LogP contribution < -0.4 is 5.32 Å². The van der Waals surface area contributed by atoms with Crippen molar-refractivity contribution in [3.05, 3.63) is 35.9 Å². The van der Waals surface area contributed by atoms with Crippen molar-refractivity contribution < 1.29 is 10.2 Å². The van der Waals surface area contributed by atoms with Gasteiger partial charge in [-0.2, -0.15) is 0 Å². The molecule has 2 heterocycles. The van der Waals surface area contributed by atoms with Crippen molar-refractivity contribution in [1.29, 1.82) is 0 Å². The van der Waals surface area contributed by atoms with Crippen LogP contribution in [0.5, 0.6) is 0 Å². The lowest BCUT2D eigenvalue weighted by Gasteiger charge is -2.31. The molecule has 24 heavy (non-hydrogen) atoms. The summed E-state index contributed by atoms with van der Waals surface area (Å²) >= 11 is 0. The van der Waals surface area contributed by atoms with Crippen molar-refractivity contribution in [2.45, 2.75) is 32.5 Å². The highest BCUT2D eigenvalue weighted by atomic mass is 16.3. The highest BCUT2D eigenvalue weighted by Gasteiger charge is 2.18. The number of anilines is 1. The summed E-state index contributed by atoms with van der Waals surface area (Å²) in [5.41, 5.74) is 1.64. The quantitative estimate of drug-likeness (QED) is 0.758. The second-order valence-electron chi connectivity index (χ2n) is 6.86. The van der Waals surface area contributed by atoms with E-state index in [4.69, 9.17) is 0 Å². The molecule has 1 aliphatic rings. The Morgan fingerprint density at radius 2 is 2.04 bits per heavy atom. The van der Waals surface area contributed by atoms with Crippen molar-refractivity contribution >= 4 is 16.7 Å². The second-order valence-corrected chi connectivity index (χ2v) is 6.86. The number of nitrogens with zero attached hydrogens (tertiary/aromatic N) is 2. The number of nitrogens with one attached hydrogen (secondary N) is 1. The van der Waals surface area contributed by atoms with Gasteiger partial charge in [0.15, 0.2) is 0 Å². The summed E-state index contributed by atoms with van der Waals surface area (Å²) in [5.74, 6) is 1.45. The number of hydrogen-bond acceptors (Lipinski definition) is 5. The molecule has 1 saturated heterocycles. The number of hydrogen-bond donors (Lipinski definition) is 3. The van der Waals surface area contributed by atoms with Crippen LogP contribution in [0.4, 0.5) is 5.82 Å². The average Bonchev–Trinajstić information content (AvgIpc) is 2.61. The van der Waals surface area contributed by atoms with E-state index in [-0.39, 0.29) is 6.61 Å². The monoisotopic (exact) mass is 329 g/mol. The predicted octanol–water partition coefficient (Wildman–Crippen LogP) is 2.23. The van der Waals surface area contributed by atoms with Crippen molar-refractivity contribution in [3.63, 3.8) is 0 Å². The number of para-hydroxylation sites is 1. The summed E-state index contributed by atoms with van der Waals surface area (Å²) in [6, 6.07) is 9.79. The normalized spacial score (nSPS) is 18.0. The van der Waals surface area contributed by atoms with Gasteiger partial charge in [-0.3, -0.25) is 0 Å². The van der Waals surface area contributed by atoms with Crippen LogP contribution in [0.25, 0.3) is 10.9 Å². The molecule has 3 N–H and O–H groups in total. The van der Waals surface area contributed by atoms with E-state index in [1.165, 1.54) is 12.8 Å². The number of piperidine rings is 1. The van der Waals surface area contributed by atoms with Gasteiger partial charge in [-0.15, -0.1) is 0 Å². The Morgan fingerprint density at radius 1 is 1.29 bits per heavy atom. The molecule has 5 nitrogen and oxygen atoms in total. The van der Waals surface area contributed by atoms with Gasteiger partial charge < -0.3 is 20.4 Å².